The third-order valence-corrected chi connectivity index (χ3v) is 4.57. The summed E-state index contributed by atoms with van der Waals surface area (Å²) in [4.78, 5) is 15.0. The van der Waals surface area contributed by atoms with Gasteiger partial charge in [0.2, 0.25) is 0 Å². The molecule has 0 aromatic heterocycles. The SMILES string of the molecule is CC1(C)CCN(C(C)(C)C)C=C1C(=O)c1ccc(C(F)(F)F)cc1. The van der Waals surface area contributed by atoms with Gasteiger partial charge in [-0.2, -0.15) is 13.2 Å². The van der Waals surface area contributed by atoms with Crippen LogP contribution < -0.4 is 0 Å². The Morgan fingerprint density at radius 2 is 1.62 bits per heavy atom. The summed E-state index contributed by atoms with van der Waals surface area (Å²) in [5.41, 5.74) is -0.224. The van der Waals surface area contributed by atoms with Gasteiger partial charge in [-0.25, -0.2) is 0 Å². The van der Waals surface area contributed by atoms with E-state index in [1.54, 1.807) is 0 Å². The molecule has 132 valence electrons. The lowest BCUT2D eigenvalue weighted by Crippen LogP contribution is -2.44. The molecule has 1 heterocycles. The highest BCUT2D eigenvalue weighted by Crippen LogP contribution is 2.38. The number of benzene rings is 1. The van der Waals surface area contributed by atoms with Gasteiger partial charge in [0.05, 0.1) is 5.56 Å². The topological polar surface area (TPSA) is 20.3 Å². The predicted octanol–water partition coefficient (Wildman–Crippen LogP) is 5.30. The Morgan fingerprint density at radius 3 is 2.08 bits per heavy atom. The van der Waals surface area contributed by atoms with Crippen LogP contribution in [-0.2, 0) is 6.18 Å². The largest absolute Gasteiger partial charge is 0.416 e. The average molecular weight is 339 g/mol. The van der Waals surface area contributed by atoms with E-state index in [2.05, 4.69) is 25.7 Å². The van der Waals surface area contributed by atoms with Crippen molar-refractivity contribution in [1.82, 2.24) is 4.90 Å². The summed E-state index contributed by atoms with van der Waals surface area (Å²) in [6.45, 7) is 11.1. The van der Waals surface area contributed by atoms with E-state index in [1.807, 2.05) is 20.0 Å². The van der Waals surface area contributed by atoms with Crippen molar-refractivity contribution in [3.8, 4) is 0 Å². The first-order chi connectivity index (χ1) is 10.8. The molecule has 0 aliphatic carbocycles. The van der Waals surface area contributed by atoms with Gasteiger partial charge < -0.3 is 4.90 Å². The highest BCUT2D eigenvalue weighted by molar-refractivity contribution is 6.09. The number of allylic oxidation sites excluding steroid dienone is 1. The van der Waals surface area contributed by atoms with Gasteiger partial charge in [0.15, 0.2) is 5.78 Å². The van der Waals surface area contributed by atoms with Crippen LogP contribution in [-0.4, -0.2) is 22.8 Å². The minimum atomic E-state index is -4.39. The molecule has 1 aromatic carbocycles. The summed E-state index contributed by atoms with van der Waals surface area (Å²) in [5.74, 6) is -0.206. The molecule has 0 saturated heterocycles. The molecule has 0 saturated carbocycles. The third-order valence-electron chi connectivity index (χ3n) is 4.57. The minimum Gasteiger partial charge on any atom is -0.372 e. The van der Waals surface area contributed by atoms with E-state index in [0.29, 0.717) is 5.57 Å². The second-order valence-corrected chi connectivity index (χ2v) is 7.95. The Labute approximate surface area is 141 Å². The standard InChI is InChI=1S/C19H24F3NO/c1-17(2,3)23-11-10-18(4,5)15(12-23)16(24)13-6-8-14(9-7-13)19(20,21)22/h6-9,12H,10-11H2,1-5H3. The van der Waals surface area contributed by atoms with Crippen LogP contribution in [0.1, 0.15) is 57.0 Å². The molecule has 1 aliphatic heterocycles. The number of hydrogen-bond acceptors (Lipinski definition) is 2. The van der Waals surface area contributed by atoms with Gasteiger partial charge in [0.1, 0.15) is 0 Å². The Morgan fingerprint density at radius 1 is 1.08 bits per heavy atom. The molecule has 0 amide bonds. The van der Waals surface area contributed by atoms with Crippen LogP contribution in [0.3, 0.4) is 0 Å². The molecule has 5 heteroatoms. The minimum absolute atomic E-state index is 0.109. The maximum atomic E-state index is 12.9. The Bertz CT molecular complexity index is 649. The number of halogens is 3. The van der Waals surface area contributed by atoms with Gasteiger partial charge in [-0.3, -0.25) is 4.79 Å². The van der Waals surface area contributed by atoms with Crippen molar-refractivity contribution in [2.45, 2.75) is 52.8 Å². The molecule has 0 radical (unpaired) electrons. The molecule has 0 N–H and O–H groups in total. The van der Waals surface area contributed by atoms with Crippen molar-refractivity contribution in [2.75, 3.05) is 6.54 Å². The van der Waals surface area contributed by atoms with Crippen LogP contribution in [0.5, 0.6) is 0 Å². The second-order valence-electron chi connectivity index (χ2n) is 7.95. The van der Waals surface area contributed by atoms with Crippen molar-refractivity contribution in [3.63, 3.8) is 0 Å². The zero-order valence-electron chi connectivity index (χ0n) is 14.8. The highest BCUT2D eigenvalue weighted by Gasteiger charge is 2.36. The Balaban J connectivity index is 2.37. The Hall–Kier alpha value is -1.78. The Kier molecular flexibility index (Phi) is 4.59. The number of alkyl halides is 3. The van der Waals surface area contributed by atoms with Crippen LogP contribution >= 0.6 is 0 Å². The fourth-order valence-corrected chi connectivity index (χ4v) is 2.79. The first kappa shape index (κ1) is 18.6. The number of carbonyl (C=O) groups excluding carboxylic acids is 1. The number of ketones is 1. The molecule has 24 heavy (non-hydrogen) atoms. The lowest BCUT2D eigenvalue weighted by atomic mass is 9.75. The van der Waals surface area contributed by atoms with Crippen LogP contribution in [0.4, 0.5) is 13.2 Å². The van der Waals surface area contributed by atoms with E-state index >= 15 is 0 Å². The van der Waals surface area contributed by atoms with Crippen molar-refractivity contribution in [2.24, 2.45) is 5.41 Å². The fraction of sp³-hybridized carbons (Fsp3) is 0.526. The van der Waals surface area contributed by atoms with Crippen LogP contribution in [0.25, 0.3) is 0 Å². The number of carbonyl (C=O) groups is 1. The second kappa shape index (κ2) is 5.94. The van der Waals surface area contributed by atoms with Crippen LogP contribution in [0, 0.1) is 5.41 Å². The summed E-state index contributed by atoms with van der Waals surface area (Å²) < 4.78 is 38.0. The summed E-state index contributed by atoms with van der Waals surface area (Å²) in [6, 6.07) is 4.45. The molecule has 0 fully saturated rings. The third kappa shape index (κ3) is 3.82. The van der Waals surface area contributed by atoms with E-state index in [0.717, 1.165) is 25.1 Å². The molecule has 2 rings (SSSR count). The van der Waals surface area contributed by atoms with Gasteiger partial charge >= 0.3 is 6.18 Å². The number of nitrogens with zero attached hydrogens (tertiary/aromatic N) is 1. The smallest absolute Gasteiger partial charge is 0.372 e. The van der Waals surface area contributed by atoms with Crippen LogP contribution in [0.15, 0.2) is 36.0 Å². The molecule has 0 spiro atoms. The number of hydrogen-bond donors (Lipinski definition) is 0. The lowest BCUT2D eigenvalue weighted by molar-refractivity contribution is -0.137. The molecule has 1 aromatic rings. The van der Waals surface area contributed by atoms with E-state index < -0.39 is 11.7 Å². The quantitative estimate of drug-likeness (QED) is 0.681. The van der Waals surface area contributed by atoms with Crippen molar-refractivity contribution >= 4 is 5.78 Å². The van der Waals surface area contributed by atoms with Crippen molar-refractivity contribution < 1.29 is 18.0 Å². The van der Waals surface area contributed by atoms with Gasteiger partial charge in [-0.15, -0.1) is 0 Å². The molecule has 0 bridgehead atoms. The summed E-state index contributed by atoms with van der Waals surface area (Å²) in [7, 11) is 0. The summed E-state index contributed by atoms with van der Waals surface area (Å²) in [5, 5.41) is 0. The molecule has 0 unspecified atom stereocenters. The highest BCUT2D eigenvalue weighted by atomic mass is 19.4. The maximum absolute atomic E-state index is 12.9. The van der Waals surface area contributed by atoms with Crippen molar-refractivity contribution in [3.05, 3.63) is 47.2 Å². The molecule has 2 nitrogen and oxygen atoms in total. The van der Waals surface area contributed by atoms with Crippen LogP contribution in [0.2, 0.25) is 0 Å². The zero-order chi connectivity index (χ0) is 18.3. The summed E-state index contributed by atoms with van der Waals surface area (Å²) in [6.07, 6.45) is -1.69. The van der Waals surface area contributed by atoms with E-state index in [-0.39, 0.29) is 22.3 Å². The van der Waals surface area contributed by atoms with Gasteiger partial charge in [-0.05, 0) is 44.7 Å². The predicted molar refractivity (Wildman–Crippen MR) is 88.7 cm³/mol. The van der Waals surface area contributed by atoms with Crippen molar-refractivity contribution in [1.29, 1.82) is 0 Å². The molecule has 0 atom stereocenters. The van der Waals surface area contributed by atoms with E-state index in [4.69, 9.17) is 0 Å². The normalized spacial score (nSPS) is 18.3. The van der Waals surface area contributed by atoms with E-state index in [9.17, 15) is 18.0 Å². The monoisotopic (exact) mass is 339 g/mol. The lowest BCUT2D eigenvalue weighted by Gasteiger charge is -2.43. The van der Waals surface area contributed by atoms with Gasteiger partial charge in [0.25, 0.3) is 0 Å². The van der Waals surface area contributed by atoms with Gasteiger partial charge in [-0.1, -0.05) is 26.0 Å². The number of rotatable bonds is 2. The average Bonchev–Trinajstić information content (AvgIpc) is 2.44. The molecule has 1 aliphatic rings. The fourth-order valence-electron chi connectivity index (χ4n) is 2.79. The summed E-state index contributed by atoms with van der Waals surface area (Å²) >= 11 is 0. The zero-order valence-corrected chi connectivity index (χ0v) is 14.8. The molecular formula is C19H24F3NO. The first-order valence-corrected chi connectivity index (χ1v) is 8.03. The molecular weight excluding hydrogens is 315 g/mol. The maximum Gasteiger partial charge on any atom is 0.416 e. The van der Waals surface area contributed by atoms with E-state index in [1.165, 1.54) is 12.1 Å². The first-order valence-electron chi connectivity index (χ1n) is 8.03. The number of Topliss-reactive ketones (excluding diaryl/α,β-unsaturated/α-hetero) is 1. The van der Waals surface area contributed by atoms with Gasteiger partial charge in [0, 0.05) is 29.4 Å².